The van der Waals surface area contributed by atoms with E-state index in [9.17, 15) is 0 Å². The molecule has 0 aliphatic heterocycles. The van der Waals surface area contributed by atoms with Gasteiger partial charge in [-0.05, 0) is 6.92 Å². The fourth-order valence-electron chi connectivity index (χ4n) is 0.887. The van der Waals surface area contributed by atoms with E-state index in [2.05, 4.69) is 4.57 Å². The summed E-state index contributed by atoms with van der Waals surface area (Å²) in [5.41, 5.74) is 0. The van der Waals surface area contributed by atoms with Crippen LogP contribution in [-0.2, 0) is 18.4 Å². The van der Waals surface area contributed by atoms with E-state index in [-0.39, 0.29) is 6.61 Å². The summed E-state index contributed by atoms with van der Waals surface area (Å²) in [6.07, 6.45) is 6.80. The van der Waals surface area contributed by atoms with Crippen LogP contribution in [0.3, 0.4) is 0 Å². The zero-order chi connectivity index (χ0) is 11.0. The Kier molecular flexibility index (Phi) is 6.39. The van der Waals surface area contributed by atoms with Crippen LogP contribution in [0.1, 0.15) is 13.3 Å². The molecule has 14 heavy (non-hydrogen) atoms. The Labute approximate surface area is 83.2 Å². The first kappa shape index (κ1) is 12.6. The number of aromatic nitrogens is 2. The standard InChI is InChI=1S/C7H13N2O.C2H4O2/c1-8-4-5-9(7-8)3-2-6-10;1-2(3)4/h4-5,7,10H,2-3,6H2,1H3;1H3,(H,3,4)/q+1;/p-1. The molecule has 1 aromatic rings. The van der Waals surface area contributed by atoms with Crippen molar-refractivity contribution < 1.29 is 19.6 Å². The third-order valence-electron chi connectivity index (χ3n) is 1.40. The molecule has 0 fully saturated rings. The summed E-state index contributed by atoms with van der Waals surface area (Å²) in [6, 6.07) is 0. The first-order valence-corrected chi connectivity index (χ1v) is 4.35. The van der Waals surface area contributed by atoms with Crippen molar-refractivity contribution in [3.63, 3.8) is 0 Å². The van der Waals surface area contributed by atoms with Crippen molar-refractivity contribution >= 4 is 5.97 Å². The number of aliphatic hydroxyl groups excluding tert-OH is 1. The summed E-state index contributed by atoms with van der Waals surface area (Å²) >= 11 is 0. The minimum absolute atomic E-state index is 0.266. The molecule has 1 rings (SSSR count). The van der Waals surface area contributed by atoms with Gasteiger partial charge >= 0.3 is 0 Å². The lowest BCUT2D eigenvalue weighted by Gasteiger charge is -1.90. The summed E-state index contributed by atoms with van der Waals surface area (Å²) in [4.78, 5) is 8.89. The van der Waals surface area contributed by atoms with Crippen LogP contribution < -0.4 is 9.67 Å². The largest absolute Gasteiger partial charge is 0.550 e. The van der Waals surface area contributed by atoms with Crippen molar-refractivity contribution in [1.29, 1.82) is 0 Å². The van der Waals surface area contributed by atoms with Crippen LogP contribution in [0, 0.1) is 0 Å². The molecule has 0 aliphatic carbocycles. The Morgan fingerprint density at radius 1 is 1.64 bits per heavy atom. The van der Waals surface area contributed by atoms with Gasteiger partial charge in [0.15, 0.2) is 0 Å². The summed E-state index contributed by atoms with van der Waals surface area (Å²) in [5, 5.41) is 17.4. The van der Waals surface area contributed by atoms with Crippen molar-refractivity contribution in [2.45, 2.75) is 19.9 Å². The number of aliphatic hydroxyl groups is 1. The third-order valence-corrected chi connectivity index (χ3v) is 1.40. The fourth-order valence-corrected chi connectivity index (χ4v) is 0.887. The first-order chi connectivity index (χ1) is 6.56. The molecule has 0 bridgehead atoms. The molecule has 0 unspecified atom stereocenters. The molecule has 80 valence electrons. The van der Waals surface area contributed by atoms with Crippen molar-refractivity contribution in [3.05, 3.63) is 18.7 Å². The molecule has 0 atom stereocenters. The van der Waals surface area contributed by atoms with Gasteiger partial charge in [0, 0.05) is 19.0 Å². The number of carboxylic acid groups (broad SMARTS) is 1. The highest BCUT2D eigenvalue weighted by molar-refractivity contribution is 5.60. The predicted octanol–water partition coefficient (Wildman–Crippen LogP) is -1.55. The molecule has 0 amide bonds. The number of carbonyl (C=O) groups is 1. The Morgan fingerprint density at radius 2 is 2.21 bits per heavy atom. The lowest BCUT2D eigenvalue weighted by molar-refractivity contribution is -0.671. The topological polar surface area (TPSA) is 69.2 Å². The van der Waals surface area contributed by atoms with Crippen molar-refractivity contribution in [3.8, 4) is 0 Å². The van der Waals surface area contributed by atoms with Crippen molar-refractivity contribution in [2.24, 2.45) is 7.05 Å². The van der Waals surface area contributed by atoms with Crippen LogP contribution in [0.25, 0.3) is 0 Å². The van der Waals surface area contributed by atoms with E-state index in [0.717, 1.165) is 19.9 Å². The Bertz CT molecular complexity index is 267. The summed E-state index contributed by atoms with van der Waals surface area (Å²) < 4.78 is 4.04. The molecule has 1 aromatic heterocycles. The van der Waals surface area contributed by atoms with Crippen LogP contribution in [-0.4, -0.2) is 22.2 Å². The first-order valence-electron chi connectivity index (χ1n) is 4.35. The molecule has 1 N–H and O–H groups in total. The van der Waals surface area contributed by atoms with E-state index in [1.165, 1.54) is 0 Å². The van der Waals surface area contributed by atoms with E-state index < -0.39 is 5.97 Å². The smallest absolute Gasteiger partial charge is 0.243 e. The quantitative estimate of drug-likeness (QED) is 0.601. The second kappa shape index (κ2) is 7.08. The monoisotopic (exact) mass is 200 g/mol. The Hall–Kier alpha value is -1.36. The molecule has 5 nitrogen and oxygen atoms in total. The van der Waals surface area contributed by atoms with Gasteiger partial charge in [-0.1, -0.05) is 0 Å². The van der Waals surface area contributed by atoms with Gasteiger partial charge in [0.1, 0.15) is 12.4 Å². The summed E-state index contributed by atoms with van der Waals surface area (Å²) in [7, 11) is 1.98. The maximum atomic E-state index is 8.89. The maximum Gasteiger partial charge on any atom is 0.243 e. The molecular formula is C9H16N2O3. The normalized spacial score (nSPS) is 9.07. The van der Waals surface area contributed by atoms with Crippen molar-refractivity contribution in [2.75, 3.05) is 6.61 Å². The van der Waals surface area contributed by atoms with Gasteiger partial charge in [0.2, 0.25) is 6.33 Å². The van der Waals surface area contributed by atoms with Crippen LogP contribution in [0.2, 0.25) is 0 Å². The van der Waals surface area contributed by atoms with E-state index in [1.807, 2.05) is 30.3 Å². The highest BCUT2D eigenvalue weighted by Gasteiger charge is 1.96. The number of aliphatic carboxylic acids is 1. The molecule has 1 heterocycles. The fraction of sp³-hybridized carbons (Fsp3) is 0.556. The Balaban J connectivity index is 0.000000364. The van der Waals surface area contributed by atoms with Gasteiger partial charge in [0.25, 0.3) is 0 Å². The van der Waals surface area contributed by atoms with E-state index in [0.29, 0.717) is 0 Å². The average Bonchev–Trinajstić information content (AvgIpc) is 2.47. The molecule has 0 aliphatic rings. The van der Waals surface area contributed by atoms with Gasteiger partial charge in [-0.2, -0.15) is 0 Å². The number of carbonyl (C=O) groups excluding carboxylic acids is 1. The van der Waals surface area contributed by atoms with Crippen LogP contribution in [0.5, 0.6) is 0 Å². The number of hydrogen-bond acceptors (Lipinski definition) is 3. The van der Waals surface area contributed by atoms with Gasteiger partial charge in [-0.25, -0.2) is 9.13 Å². The minimum atomic E-state index is -1.08. The molecule has 5 heteroatoms. The lowest BCUT2D eigenvalue weighted by Crippen LogP contribution is -2.23. The van der Waals surface area contributed by atoms with Gasteiger partial charge in [-0.3, -0.25) is 0 Å². The molecule has 0 radical (unpaired) electrons. The predicted molar refractivity (Wildman–Crippen MR) is 48.0 cm³/mol. The minimum Gasteiger partial charge on any atom is -0.550 e. The lowest BCUT2D eigenvalue weighted by atomic mass is 10.4. The number of rotatable bonds is 3. The van der Waals surface area contributed by atoms with Crippen LogP contribution in [0.4, 0.5) is 0 Å². The highest BCUT2D eigenvalue weighted by Crippen LogP contribution is 1.86. The van der Waals surface area contributed by atoms with Crippen LogP contribution >= 0.6 is 0 Å². The molecule has 0 saturated carbocycles. The van der Waals surface area contributed by atoms with Gasteiger partial charge in [-0.15, -0.1) is 0 Å². The zero-order valence-electron chi connectivity index (χ0n) is 8.51. The van der Waals surface area contributed by atoms with E-state index in [1.54, 1.807) is 0 Å². The molecule has 0 spiro atoms. The third kappa shape index (κ3) is 7.30. The zero-order valence-corrected chi connectivity index (χ0v) is 8.51. The molecular weight excluding hydrogens is 184 g/mol. The van der Waals surface area contributed by atoms with E-state index >= 15 is 0 Å². The van der Waals surface area contributed by atoms with Crippen molar-refractivity contribution in [1.82, 2.24) is 4.57 Å². The number of nitrogens with zero attached hydrogens (tertiary/aromatic N) is 2. The second-order valence-corrected chi connectivity index (χ2v) is 2.89. The highest BCUT2D eigenvalue weighted by atomic mass is 16.4. The van der Waals surface area contributed by atoms with Gasteiger partial charge < -0.3 is 15.0 Å². The Morgan fingerprint density at radius 3 is 2.57 bits per heavy atom. The number of carboxylic acids is 1. The number of hydrogen-bond donors (Lipinski definition) is 1. The van der Waals surface area contributed by atoms with Gasteiger partial charge in [0.05, 0.1) is 13.6 Å². The molecule has 0 aromatic carbocycles. The summed E-state index contributed by atoms with van der Waals surface area (Å²) in [5.74, 6) is -1.08. The second-order valence-electron chi connectivity index (χ2n) is 2.89. The summed E-state index contributed by atoms with van der Waals surface area (Å²) in [6.45, 7) is 2.14. The number of imidazole rings is 1. The number of aryl methyl sites for hydroxylation is 2. The SMILES string of the molecule is CC(=O)[O-].C[n+]1ccn(CCCO)c1. The molecule has 0 saturated heterocycles. The van der Waals surface area contributed by atoms with E-state index in [4.69, 9.17) is 15.0 Å². The average molecular weight is 200 g/mol. The maximum absolute atomic E-state index is 8.89. The van der Waals surface area contributed by atoms with Crippen LogP contribution in [0.15, 0.2) is 18.7 Å².